The summed E-state index contributed by atoms with van der Waals surface area (Å²) in [5, 5.41) is 9.20. The molecule has 1 unspecified atom stereocenters. The highest BCUT2D eigenvalue weighted by atomic mass is 32.2. The predicted molar refractivity (Wildman–Crippen MR) is 76.2 cm³/mol. The molecule has 1 saturated heterocycles. The molecule has 5 nitrogen and oxygen atoms in total. The zero-order valence-electron chi connectivity index (χ0n) is 11.5. The van der Waals surface area contributed by atoms with Gasteiger partial charge in [-0.2, -0.15) is 0 Å². The quantitative estimate of drug-likeness (QED) is 0.859. The second kappa shape index (κ2) is 6.28. The number of ether oxygens (including phenoxy) is 1. The fraction of sp³-hybridized carbons (Fsp3) is 0.429. The lowest BCUT2D eigenvalue weighted by molar-refractivity contribution is -0.147. The molecule has 1 amide bonds. The molecule has 1 heterocycles. The van der Waals surface area contributed by atoms with Crippen molar-refractivity contribution in [3.8, 4) is 0 Å². The number of rotatable bonds is 3. The number of carboxylic acid groups (broad SMARTS) is 1. The van der Waals surface area contributed by atoms with Crippen molar-refractivity contribution in [1.82, 2.24) is 4.90 Å². The van der Waals surface area contributed by atoms with Gasteiger partial charge in [-0.25, -0.2) is 4.79 Å². The molecule has 1 atom stereocenters. The van der Waals surface area contributed by atoms with Gasteiger partial charge in [-0.15, -0.1) is 11.8 Å². The molecule has 1 aliphatic rings. The normalized spacial score (nSPS) is 18.9. The largest absolute Gasteiger partial charge is 0.480 e. The maximum absolute atomic E-state index is 12.6. The van der Waals surface area contributed by atoms with Crippen molar-refractivity contribution in [2.75, 3.05) is 26.0 Å². The lowest BCUT2D eigenvalue weighted by Crippen LogP contribution is -2.52. The molecule has 1 aromatic carbocycles. The highest BCUT2D eigenvalue weighted by Crippen LogP contribution is 2.22. The highest BCUT2D eigenvalue weighted by molar-refractivity contribution is 7.98. The number of hydrogen-bond donors (Lipinski definition) is 1. The maximum atomic E-state index is 12.6. The van der Waals surface area contributed by atoms with Gasteiger partial charge < -0.3 is 14.7 Å². The monoisotopic (exact) mass is 295 g/mol. The van der Waals surface area contributed by atoms with Crippen LogP contribution >= 0.6 is 11.8 Å². The van der Waals surface area contributed by atoms with Gasteiger partial charge in [-0.3, -0.25) is 4.79 Å². The summed E-state index contributed by atoms with van der Waals surface area (Å²) in [4.78, 5) is 26.2. The van der Waals surface area contributed by atoms with Crippen molar-refractivity contribution < 1.29 is 19.4 Å². The summed E-state index contributed by atoms with van der Waals surface area (Å²) in [6.45, 7) is 2.57. The number of carbonyl (C=O) groups is 2. The van der Waals surface area contributed by atoms with Crippen LogP contribution in [0, 0.1) is 6.92 Å². The van der Waals surface area contributed by atoms with Gasteiger partial charge in [0.15, 0.2) is 6.04 Å². The summed E-state index contributed by atoms with van der Waals surface area (Å²) >= 11 is 1.55. The second-order valence-corrected chi connectivity index (χ2v) is 5.49. The number of nitrogens with zero attached hydrogens (tertiary/aromatic N) is 1. The van der Waals surface area contributed by atoms with Crippen LogP contribution in [0.3, 0.4) is 0 Å². The van der Waals surface area contributed by atoms with Crippen molar-refractivity contribution in [2.45, 2.75) is 17.9 Å². The van der Waals surface area contributed by atoms with Gasteiger partial charge in [0.05, 0.1) is 13.2 Å². The molecule has 1 fully saturated rings. The van der Waals surface area contributed by atoms with E-state index >= 15 is 0 Å². The Hall–Kier alpha value is -1.53. The smallest absolute Gasteiger partial charge is 0.328 e. The fourth-order valence-electron chi connectivity index (χ4n) is 2.16. The van der Waals surface area contributed by atoms with Crippen LogP contribution in [-0.2, 0) is 9.53 Å². The van der Waals surface area contributed by atoms with Crippen LogP contribution in [0.1, 0.15) is 15.9 Å². The summed E-state index contributed by atoms with van der Waals surface area (Å²) in [5.41, 5.74) is 1.41. The van der Waals surface area contributed by atoms with Gasteiger partial charge in [-0.1, -0.05) is 6.07 Å². The first-order valence-corrected chi connectivity index (χ1v) is 7.53. The van der Waals surface area contributed by atoms with Gasteiger partial charge in [0.2, 0.25) is 0 Å². The maximum Gasteiger partial charge on any atom is 0.328 e. The van der Waals surface area contributed by atoms with Crippen molar-refractivity contribution in [3.05, 3.63) is 29.3 Å². The molecule has 0 radical (unpaired) electrons. The van der Waals surface area contributed by atoms with Gasteiger partial charge >= 0.3 is 5.97 Å². The molecule has 20 heavy (non-hydrogen) atoms. The van der Waals surface area contributed by atoms with Crippen LogP contribution in [0.5, 0.6) is 0 Å². The molecule has 0 spiro atoms. The average molecular weight is 295 g/mol. The molecule has 1 aromatic rings. The fourth-order valence-corrected chi connectivity index (χ4v) is 2.60. The van der Waals surface area contributed by atoms with Crippen LogP contribution in [0.4, 0.5) is 0 Å². The van der Waals surface area contributed by atoms with Crippen LogP contribution in [-0.4, -0.2) is 53.9 Å². The topological polar surface area (TPSA) is 66.8 Å². The third-order valence-electron chi connectivity index (χ3n) is 3.35. The molecule has 0 saturated carbocycles. The van der Waals surface area contributed by atoms with E-state index in [1.54, 1.807) is 11.8 Å². The van der Waals surface area contributed by atoms with Gasteiger partial charge in [0.1, 0.15) is 0 Å². The van der Waals surface area contributed by atoms with Gasteiger partial charge in [-0.05, 0) is 30.9 Å². The number of hydrogen-bond acceptors (Lipinski definition) is 4. The Morgan fingerprint density at radius 2 is 2.20 bits per heavy atom. The van der Waals surface area contributed by atoms with Crippen molar-refractivity contribution in [1.29, 1.82) is 0 Å². The Bertz CT molecular complexity index is 532. The Morgan fingerprint density at radius 1 is 1.45 bits per heavy atom. The third kappa shape index (κ3) is 2.96. The Morgan fingerprint density at radius 3 is 2.85 bits per heavy atom. The number of aliphatic carboxylic acids is 1. The minimum atomic E-state index is -1.03. The number of carboxylic acids is 1. The standard InChI is InChI=1S/C14H17NO4S/c1-9-3-4-10(20-2)7-11(9)13(16)15-5-6-19-8-12(15)14(17)18/h3-4,7,12H,5-6,8H2,1-2H3,(H,17,18). The number of morpholine rings is 1. The van der Waals surface area contributed by atoms with E-state index in [1.807, 2.05) is 31.4 Å². The van der Waals surface area contributed by atoms with E-state index in [9.17, 15) is 14.7 Å². The first-order valence-electron chi connectivity index (χ1n) is 6.30. The number of benzene rings is 1. The molecule has 108 valence electrons. The van der Waals surface area contributed by atoms with Crippen molar-refractivity contribution >= 4 is 23.6 Å². The van der Waals surface area contributed by atoms with Gasteiger partial charge in [0, 0.05) is 17.0 Å². The van der Waals surface area contributed by atoms with E-state index in [0.29, 0.717) is 18.7 Å². The molecule has 0 aromatic heterocycles. The lowest BCUT2D eigenvalue weighted by Gasteiger charge is -2.33. The minimum Gasteiger partial charge on any atom is -0.480 e. The summed E-state index contributed by atoms with van der Waals surface area (Å²) in [6.07, 6.45) is 1.94. The SMILES string of the molecule is CSc1ccc(C)c(C(=O)N2CCOCC2C(=O)O)c1. The first kappa shape index (κ1) is 14.9. The summed E-state index contributed by atoms with van der Waals surface area (Å²) < 4.78 is 5.16. The number of carbonyl (C=O) groups excluding carboxylic acids is 1. The number of amides is 1. The highest BCUT2D eigenvalue weighted by Gasteiger charge is 2.33. The van der Waals surface area contributed by atoms with Crippen molar-refractivity contribution in [3.63, 3.8) is 0 Å². The molecule has 2 rings (SSSR count). The Balaban J connectivity index is 2.31. The number of thioether (sulfide) groups is 1. The zero-order chi connectivity index (χ0) is 14.7. The molecule has 0 bridgehead atoms. The van der Waals surface area contributed by atoms with E-state index in [1.165, 1.54) is 4.90 Å². The molecule has 6 heteroatoms. The second-order valence-electron chi connectivity index (χ2n) is 4.61. The summed E-state index contributed by atoms with van der Waals surface area (Å²) in [5.74, 6) is -1.27. The number of aryl methyl sites for hydroxylation is 1. The minimum absolute atomic E-state index is 0.0440. The van der Waals surface area contributed by atoms with Crippen LogP contribution in [0.15, 0.2) is 23.1 Å². The third-order valence-corrected chi connectivity index (χ3v) is 4.07. The van der Waals surface area contributed by atoms with E-state index in [2.05, 4.69) is 0 Å². The van der Waals surface area contributed by atoms with Crippen LogP contribution in [0.25, 0.3) is 0 Å². The molecule has 0 aliphatic carbocycles. The molecule has 1 aliphatic heterocycles. The average Bonchev–Trinajstić information content (AvgIpc) is 2.47. The van der Waals surface area contributed by atoms with E-state index in [0.717, 1.165) is 10.5 Å². The van der Waals surface area contributed by atoms with E-state index in [4.69, 9.17) is 4.74 Å². The van der Waals surface area contributed by atoms with Crippen LogP contribution in [0.2, 0.25) is 0 Å². The Labute approximate surface area is 121 Å². The summed E-state index contributed by atoms with van der Waals surface area (Å²) in [6, 6.07) is 4.74. The van der Waals surface area contributed by atoms with E-state index < -0.39 is 12.0 Å². The first-order chi connectivity index (χ1) is 9.54. The van der Waals surface area contributed by atoms with E-state index in [-0.39, 0.29) is 12.5 Å². The lowest BCUT2D eigenvalue weighted by atomic mass is 10.1. The van der Waals surface area contributed by atoms with Crippen LogP contribution < -0.4 is 0 Å². The molecular formula is C14H17NO4S. The van der Waals surface area contributed by atoms with Gasteiger partial charge in [0.25, 0.3) is 5.91 Å². The molecular weight excluding hydrogens is 278 g/mol. The molecule has 1 N–H and O–H groups in total. The predicted octanol–water partition coefficient (Wildman–Crippen LogP) is 1.64. The zero-order valence-corrected chi connectivity index (χ0v) is 12.3. The Kier molecular flexibility index (Phi) is 4.67. The van der Waals surface area contributed by atoms with Crippen molar-refractivity contribution in [2.24, 2.45) is 0 Å². The summed E-state index contributed by atoms with van der Waals surface area (Å²) in [7, 11) is 0.